The van der Waals surface area contributed by atoms with Crippen LogP contribution in [0.2, 0.25) is 0 Å². The number of carboxylic acid groups (broad SMARTS) is 1. The zero-order chi connectivity index (χ0) is 14.7. The van der Waals surface area contributed by atoms with Gasteiger partial charge in [0.1, 0.15) is 0 Å². The first kappa shape index (κ1) is 13.9. The minimum Gasteiger partial charge on any atom is -0.478 e. The molecule has 104 valence electrons. The Kier molecular flexibility index (Phi) is 3.89. The van der Waals surface area contributed by atoms with Gasteiger partial charge in [-0.2, -0.15) is 0 Å². The van der Waals surface area contributed by atoms with Gasteiger partial charge < -0.3 is 15.2 Å². The van der Waals surface area contributed by atoms with Crippen LogP contribution < -0.4 is 5.32 Å². The number of esters is 1. The van der Waals surface area contributed by atoms with E-state index in [4.69, 9.17) is 4.74 Å². The Bertz CT molecular complexity index is 599. The molecule has 2 rings (SSSR count). The molecule has 0 fully saturated rings. The third kappa shape index (κ3) is 2.56. The zero-order valence-electron chi connectivity index (χ0n) is 11.2. The van der Waals surface area contributed by atoms with Crippen LogP contribution in [-0.2, 0) is 14.3 Å². The van der Waals surface area contributed by atoms with E-state index in [0.717, 1.165) is 11.1 Å². The van der Waals surface area contributed by atoms with Crippen LogP contribution in [0.3, 0.4) is 0 Å². The molecule has 20 heavy (non-hydrogen) atoms. The normalized spacial score (nSPS) is 17.6. The van der Waals surface area contributed by atoms with E-state index in [1.165, 1.54) is 19.5 Å². The minimum atomic E-state index is -1.07. The van der Waals surface area contributed by atoms with Gasteiger partial charge in [-0.1, -0.05) is 29.8 Å². The molecule has 5 heteroatoms. The summed E-state index contributed by atoms with van der Waals surface area (Å²) in [5.41, 5.74) is 2.18. The van der Waals surface area contributed by atoms with E-state index < -0.39 is 17.9 Å². The molecule has 1 atom stereocenters. The molecule has 1 aliphatic heterocycles. The topological polar surface area (TPSA) is 75.6 Å². The second kappa shape index (κ2) is 5.61. The van der Waals surface area contributed by atoms with Crippen LogP contribution in [0.4, 0.5) is 0 Å². The lowest BCUT2D eigenvalue weighted by Crippen LogP contribution is -2.25. The standard InChI is InChI=1S/C15H15NO4/c1-9-3-5-10(6-4-9)13-11(14(17)18)7-16-8-12(13)15(19)20-2/h3-8,13,16H,1-2H3,(H,17,18). The van der Waals surface area contributed by atoms with Crippen molar-refractivity contribution in [2.24, 2.45) is 0 Å². The Balaban J connectivity index is 2.49. The van der Waals surface area contributed by atoms with Crippen LogP contribution >= 0.6 is 0 Å². The molecule has 2 N–H and O–H groups in total. The highest BCUT2D eigenvalue weighted by molar-refractivity contribution is 5.97. The summed E-state index contributed by atoms with van der Waals surface area (Å²) in [5.74, 6) is -2.26. The highest BCUT2D eigenvalue weighted by Gasteiger charge is 2.32. The van der Waals surface area contributed by atoms with Gasteiger partial charge in [0.25, 0.3) is 0 Å². The Morgan fingerprint density at radius 2 is 1.75 bits per heavy atom. The van der Waals surface area contributed by atoms with Crippen LogP contribution in [0.1, 0.15) is 17.0 Å². The van der Waals surface area contributed by atoms with Crippen molar-refractivity contribution in [3.05, 3.63) is 58.9 Å². The number of ether oxygens (including phenoxy) is 1. The predicted molar refractivity (Wildman–Crippen MR) is 72.9 cm³/mol. The van der Waals surface area contributed by atoms with Gasteiger partial charge in [-0.25, -0.2) is 9.59 Å². The van der Waals surface area contributed by atoms with Crippen molar-refractivity contribution in [3.8, 4) is 0 Å². The predicted octanol–water partition coefficient (Wildman–Crippen LogP) is 1.71. The second-order valence-electron chi connectivity index (χ2n) is 4.51. The summed E-state index contributed by atoms with van der Waals surface area (Å²) in [5, 5.41) is 12.0. The average Bonchev–Trinajstić information content (AvgIpc) is 2.46. The number of aryl methyl sites for hydroxylation is 1. The first-order valence-corrected chi connectivity index (χ1v) is 6.09. The van der Waals surface area contributed by atoms with E-state index >= 15 is 0 Å². The molecule has 0 radical (unpaired) electrons. The minimum absolute atomic E-state index is 0.108. The summed E-state index contributed by atoms with van der Waals surface area (Å²) < 4.78 is 4.73. The summed E-state index contributed by atoms with van der Waals surface area (Å²) in [6.07, 6.45) is 2.86. The molecule has 5 nitrogen and oxygen atoms in total. The number of carboxylic acids is 1. The number of carbonyl (C=O) groups is 2. The first-order valence-electron chi connectivity index (χ1n) is 6.09. The van der Waals surface area contributed by atoms with E-state index in [9.17, 15) is 14.7 Å². The molecule has 1 aliphatic rings. The van der Waals surface area contributed by atoms with Crippen molar-refractivity contribution in [2.75, 3.05) is 7.11 Å². The van der Waals surface area contributed by atoms with Gasteiger partial charge >= 0.3 is 11.9 Å². The molecule has 0 saturated heterocycles. The fraction of sp³-hybridized carbons (Fsp3) is 0.200. The molecule has 0 aliphatic carbocycles. The summed E-state index contributed by atoms with van der Waals surface area (Å²) in [6.45, 7) is 1.94. The summed E-state index contributed by atoms with van der Waals surface area (Å²) in [6, 6.07) is 7.40. The average molecular weight is 273 g/mol. The Morgan fingerprint density at radius 3 is 2.30 bits per heavy atom. The van der Waals surface area contributed by atoms with E-state index in [-0.39, 0.29) is 11.1 Å². The Labute approximate surface area is 116 Å². The maximum absolute atomic E-state index is 11.8. The molecule has 0 bridgehead atoms. The van der Waals surface area contributed by atoms with Gasteiger partial charge in [-0.3, -0.25) is 0 Å². The summed E-state index contributed by atoms with van der Waals surface area (Å²) >= 11 is 0. The highest BCUT2D eigenvalue weighted by atomic mass is 16.5. The van der Waals surface area contributed by atoms with E-state index in [1.807, 2.05) is 31.2 Å². The molecule has 1 aromatic carbocycles. The molecular formula is C15H15NO4. The van der Waals surface area contributed by atoms with Gasteiger partial charge in [-0.05, 0) is 12.5 Å². The third-order valence-electron chi connectivity index (χ3n) is 3.18. The maximum Gasteiger partial charge on any atom is 0.336 e. The van der Waals surface area contributed by atoms with Gasteiger partial charge in [0.15, 0.2) is 0 Å². The molecule has 0 aromatic heterocycles. The molecule has 0 spiro atoms. The second-order valence-corrected chi connectivity index (χ2v) is 4.51. The van der Waals surface area contributed by atoms with Crippen molar-refractivity contribution < 1.29 is 19.4 Å². The van der Waals surface area contributed by atoms with Crippen LogP contribution in [-0.4, -0.2) is 24.2 Å². The monoisotopic (exact) mass is 273 g/mol. The highest BCUT2D eigenvalue weighted by Crippen LogP contribution is 2.34. The number of aliphatic carboxylic acids is 1. The Morgan fingerprint density at radius 1 is 1.15 bits per heavy atom. The number of dihydropyridines is 1. The largest absolute Gasteiger partial charge is 0.478 e. The quantitative estimate of drug-likeness (QED) is 0.820. The van der Waals surface area contributed by atoms with Gasteiger partial charge in [-0.15, -0.1) is 0 Å². The SMILES string of the molecule is COC(=O)C1=CNC=C(C(=O)O)C1c1ccc(C)cc1. The lowest BCUT2D eigenvalue weighted by Gasteiger charge is -2.23. The fourth-order valence-corrected chi connectivity index (χ4v) is 2.15. The number of nitrogens with one attached hydrogen (secondary N) is 1. The first-order chi connectivity index (χ1) is 9.54. The summed E-state index contributed by atoms with van der Waals surface area (Å²) in [4.78, 5) is 23.2. The summed E-state index contributed by atoms with van der Waals surface area (Å²) in [7, 11) is 1.27. The van der Waals surface area contributed by atoms with Gasteiger partial charge in [0.05, 0.1) is 24.2 Å². The van der Waals surface area contributed by atoms with Crippen molar-refractivity contribution in [1.82, 2.24) is 5.32 Å². The van der Waals surface area contributed by atoms with Crippen LogP contribution in [0.25, 0.3) is 0 Å². The fourth-order valence-electron chi connectivity index (χ4n) is 2.15. The van der Waals surface area contributed by atoms with E-state index in [2.05, 4.69) is 5.32 Å². The van der Waals surface area contributed by atoms with Crippen LogP contribution in [0.15, 0.2) is 47.8 Å². The molecule has 0 saturated carbocycles. The Hall–Kier alpha value is -2.56. The van der Waals surface area contributed by atoms with E-state index in [0.29, 0.717) is 0 Å². The molecule has 0 amide bonds. The van der Waals surface area contributed by atoms with Crippen LogP contribution in [0.5, 0.6) is 0 Å². The van der Waals surface area contributed by atoms with Crippen molar-refractivity contribution >= 4 is 11.9 Å². The number of benzene rings is 1. The lowest BCUT2D eigenvalue weighted by atomic mass is 9.83. The molecule has 1 heterocycles. The van der Waals surface area contributed by atoms with Crippen LogP contribution in [0, 0.1) is 6.92 Å². The number of hydrogen-bond acceptors (Lipinski definition) is 4. The van der Waals surface area contributed by atoms with Crippen molar-refractivity contribution in [1.29, 1.82) is 0 Å². The van der Waals surface area contributed by atoms with E-state index in [1.54, 1.807) is 0 Å². The van der Waals surface area contributed by atoms with Crippen molar-refractivity contribution in [3.63, 3.8) is 0 Å². The smallest absolute Gasteiger partial charge is 0.336 e. The lowest BCUT2D eigenvalue weighted by molar-refractivity contribution is -0.136. The van der Waals surface area contributed by atoms with Crippen molar-refractivity contribution in [2.45, 2.75) is 12.8 Å². The number of rotatable bonds is 3. The van der Waals surface area contributed by atoms with Gasteiger partial charge in [0, 0.05) is 12.4 Å². The van der Waals surface area contributed by atoms with Gasteiger partial charge in [0.2, 0.25) is 0 Å². The molecule has 1 unspecified atom stereocenters. The number of carbonyl (C=O) groups excluding carboxylic acids is 1. The number of methoxy groups -OCH3 is 1. The maximum atomic E-state index is 11.8. The number of hydrogen-bond donors (Lipinski definition) is 2. The zero-order valence-corrected chi connectivity index (χ0v) is 11.2. The third-order valence-corrected chi connectivity index (χ3v) is 3.18. The molecule has 1 aromatic rings. The molecular weight excluding hydrogens is 258 g/mol.